The SMILES string of the molecule is c1ccc(-c2ccc(-n3c4ccccc4c4ccc5c(c43)-c3cc(-c4ccccc4)ccc3C(c3cccc(-c4ccccc4)c3)CC5)cc2)cc1. The zero-order chi connectivity index (χ0) is 34.4. The minimum Gasteiger partial charge on any atom is -0.309 e. The molecule has 1 aliphatic carbocycles. The summed E-state index contributed by atoms with van der Waals surface area (Å²) in [6, 6.07) is 71.6. The third-order valence-corrected chi connectivity index (χ3v) is 11.1. The van der Waals surface area contributed by atoms with Gasteiger partial charge in [0.2, 0.25) is 0 Å². The summed E-state index contributed by atoms with van der Waals surface area (Å²) in [6.45, 7) is 0. The Balaban J connectivity index is 1.23. The average molecular weight is 664 g/mol. The number of rotatable bonds is 5. The molecule has 9 aromatic rings. The highest BCUT2D eigenvalue weighted by Crippen LogP contribution is 2.48. The third kappa shape index (κ3) is 5.17. The van der Waals surface area contributed by atoms with E-state index >= 15 is 0 Å². The quantitative estimate of drug-likeness (QED) is 0.173. The summed E-state index contributed by atoms with van der Waals surface area (Å²) in [5, 5.41) is 2.58. The molecule has 1 aromatic heterocycles. The molecule has 1 aliphatic rings. The van der Waals surface area contributed by atoms with Crippen LogP contribution in [0.2, 0.25) is 0 Å². The zero-order valence-corrected chi connectivity index (χ0v) is 28.9. The molecule has 1 heterocycles. The van der Waals surface area contributed by atoms with Crippen LogP contribution in [0.15, 0.2) is 194 Å². The van der Waals surface area contributed by atoms with Crippen molar-refractivity contribution in [1.82, 2.24) is 4.57 Å². The van der Waals surface area contributed by atoms with Gasteiger partial charge in [0.1, 0.15) is 0 Å². The van der Waals surface area contributed by atoms with Crippen LogP contribution in [0.5, 0.6) is 0 Å². The second-order valence-electron chi connectivity index (χ2n) is 14.0. The van der Waals surface area contributed by atoms with Crippen molar-refractivity contribution in [3.8, 4) is 50.2 Å². The molecule has 52 heavy (non-hydrogen) atoms. The first kappa shape index (κ1) is 30.4. The second kappa shape index (κ2) is 12.7. The smallest absolute Gasteiger partial charge is 0.0622 e. The van der Waals surface area contributed by atoms with E-state index in [0.717, 1.165) is 12.8 Å². The van der Waals surface area contributed by atoms with E-state index < -0.39 is 0 Å². The van der Waals surface area contributed by atoms with Crippen LogP contribution >= 0.6 is 0 Å². The van der Waals surface area contributed by atoms with Gasteiger partial charge in [-0.05, 0) is 92.7 Å². The summed E-state index contributed by atoms with van der Waals surface area (Å²) in [4.78, 5) is 0. The molecule has 0 bridgehead atoms. The van der Waals surface area contributed by atoms with Crippen molar-refractivity contribution in [2.24, 2.45) is 0 Å². The molecule has 246 valence electrons. The standard InChI is InChI=1S/C51H37N/c1-4-13-35(14-5-1)38-23-28-43(29-24-38)52-49-22-11-10-21-46(49)47-32-26-39-25-30-44(42-20-12-19-40(33-42)36-15-6-2-7-16-36)45-31-27-41(37-17-8-3-9-18-37)34-48(45)50(39)51(47)52/h1-24,26-29,31-34,44H,25,30H2. The first-order chi connectivity index (χ1) is 25.8. The predicted octanol–water partition coefficient (Wildman–Crippen LogP) is 13.5. The van der Waals surface area contributed by atoms with E-state index in [2.05, 4.69) is 199 Å². The van der Waals surface area contributed by atoms with E-state index in [9.17, 15) is 0 Å². The molecule has 0 saturated heterocycles. The lowest BCUT2D eigenvalue weighted by atomic mass is 9.83. The van der Waals surface area contributed by atoms with Crippen LogP contribution in [0.1, 0.15) is 29.0 Å². The van der Waals surface area contributed by atoms with Crippen molar-refractivity contribution in [1.29, 1.82) is 0 Å². The van der Waals surface area contributed by atoms with Gasteiger partial charge in [-0.15, -0.1) is 0 Å². The van der Waals surface area contributed by atoms with E-state index in [4.69, 9.17) is 0 Å². The largest absolute Gasteiger partial charge is 0.309 e. The first-order valence-corrected chi connectivity index (χ1v) is 18.4. The maximum atomic E-state index is 2.52. The Morgan fingerprint density at radius 1 is 0.423 bits per heavy atom. The maximum absolute atomic E-state index is 2.52. The van der Waals surface area contributed by atoms with E-state index in [1.54, 1.807) is 0 Å². The van der Waals surface area contributed by atoms with Gasteiger partial charge in [-0.3, -0.25) is 0 Å². The highest BCUT2D eigenvalue weighted by Gasteiger charge is 2.28. The molecule has 1 nitrogen and oxygen atoms in total. The number of fused-ring (bicyclic) bond motifs is 7. The van der Waals surface area contributed by atoms with Crippen LogP contribution in [0.4, 0.5) is 0 Å². The Hall–Kier alpha value is -6.44. The molecule has 0 aliphatic heterocycles. The summed E-state index contributed by atoms with van der Waals surface area (Å²) in [7, 11) is 0. The molecule has 10 rings (SSSR count). The molecule has 0 N–H and O–H groups in total. The molecule has 0 fully saturated rings. The molecule has 0 radical (unpaired) electrons. The normalized spacial score (nSPS) is 13.8. The van der Waals surface area contributed by atoms with Gasteiger partial charge in [-0.25, -0.2) is 0 Å². The number of benzene rings is 8. The van der Waals surface area contributed by atoms with Crippen LogP contribution in [-0.2, 0) is 6.42 Å². The maximum Gasteiger partial charge on any atom is 0.0622 e. The van der Waals surface area contributed by atoms with Crippen molar-refractivity contribution < 1.29 is 0 Å². The highest BCUT2D eigenvalue weighted by atomic mass is 15.0. The van der Waals surface area contributed by atoms with Crippen LogP contribution in [0, 0.1) is 0 Å². The summed E-state index contributed by atoms with van der Waals surface area (Å²) in [6.07, 6.45) is 2.04. The number of hydrogen-bond donors (Lipinski definition) is 0. The fourth-order valence-corrected chi connectivity index (χ4v) is 8.56. The summed E-state index contributed by atoms with van der Waals surface area (Å²) in [5.74, 6) is 0.258. The van der Waals surface area contributed by atoms with Gasteiger partial charge < -0.3 is 4.57 Å². The lowest BCUT2D eigenvalue weighted by molar-refractivity contribution is 0.726. The van der Waals surface area contributed by atoms with Crippen LogP contribution in [0.25, 0.3) is 72.0 Å². The van der Waals surface area contributed by atoms with Crippen molar-refractivity contribution in [3.05, 3.63) is 211 Å². The Labute approximate surface area is 305 Å². The van der Waals surface area contributed by atoms with Gasteiger partial charge in [0.05, 0.1) is 11.0 Å². The lowest BCUT2D eigenvalue weighted by Gasteiger charge is -2.21. The minimum atomic E-state index is 0.258. The van der Waals surface area contributed by atoms with Gasteiger partial charge in [-0.2, -0.15) is 0 Å². The van der Waals surface area contributed by atoms with Crippen molar-refractivity contribution in [2.75, 3.05) is 0 Å². The fraction of sp³-hybridized carbons (Fsp3) is 0.0588. The van der Waals surface area contributed by atoms with Gasteiger partial charge in [0.15, 0.2) is 0 Å². The monoisotopic (exact) mass is 663 g/mol. The van der Waals surface area contributed by atoms with Gasteiger partial charge in [0, 0.05) is 27.9 Å². The molecule has 1 atom stereocenters. The number of aromatic nitrogens is 1. The average Bonchev–Trinajstić information content (AvgIpc) is 3.46. The summed E-state index contributed by atoms with van der Waals surface area (Å²) >= 11 is 0. The van der Waals surface area contributed by atoms with E-state index in [1.807, 2.05) is 0 Å². The molecule has 0 saturated carbocycles. The Bertz CT molecular complexity index is 2700. The summed E-state index contributed by atoms with van der Waals surface area (Å²) in [5.41, 5.74) is 18.0. The number of aryl methyl sites for hydroxylation is 1. The van der Waals surface area contributed by atoms with Gasteiger partial charge in [-0.1, -0.05) is 170 Å². The minimum absolute atomic E-state index is 0.258. The molecule has 1 heteroatoms. The fourth-order valence-electron chi connectivity index (χ4n) is 8.56. The zero-order valence-electron chi connectivity index (χ0n) is 28.9. The molecule has 0 amide bonds. The molecule has 0 spiro atoms. The first-order valence-electron chi connectivity index (χ1n) is 18.4. The topological polar surface area (TPSA) is 4.93 Å². The van der Waals surface area contributed by atoms with Crippen molar-refractivity contribution in [3.63, 3.8) is 0 Å². The second-order valence-corrected chi connectivity index (χ2v) is 14.0. The van der Waals surface area contributed by atoms with Gasteiger partial charge in [0.25, 0.3) is 0 Å². The Morgan fingerprint density at radius 2 is 1.00 bits per heavy atom. The molecular formula is C51H37N. The van der Waals surface area contributed by atoms with Crippen molar-refractivity contribution in [2.45, 2.75) is 18.8 Å². The number of nitrogens with zero attached hydrogens (tertiary/aromatic N) is 1. The lowest BCUT2D eigenvalue weighted by Crippen LogP contribution is -2.03. The Morgan fingerprint density at radius 3 is 1.71 bits per heavy atom. The molecule has 8 aromatic carbocycles. The van der Waals surface area contributed by atoms with Gasteiger partial charge >= 0.3 is 0 Å². The van der Waals surface area contributed by atoms with Crippen LogP contribution < -0.4 is 0 Å². The summed E-state index contributed by atoms with van der Waals surface area (Å²) < 4.78 is 2.52. The van der Waals surface area contributed by atoms with E-state index in [-0.39, 0.29) is 5.92 Å². The van der Waals surface area contributed by atoms with E-state index in [1.165, 1.54) is 88.7 Å². The van der Waals surface area contributed by atoms with E-state index in [0.29, 0.717) is 0 Å². The number of para-hydroxylation sites is 1. The third-order valence-electron chi connectivity index (χ3n) is 11.1. The van der Waals surface area contributed by atoms with Crippen LogP contribution in [-0.4, -0.2) is 4.57 Å². The Kier molecular flexibility index (Phi) is 7.43. The van der Waals surface area contributed by atoms with Crippen LogP contribution in [0.3, 0.4) is 0 Å². The predicted molar refractivity (Wildman–Crippen MR) is 219 cm³/mol. The number of hydrogen-bond acceptors (Lipinski definition) is 0. The van der Waals surface area contributed by atoms with Crippen molar-refractivity contribution >= 4 is 21.8 Å². The molecule has 1 unspecified atom stereocenters. The molecular weight excluding hydrogens is 627 g/mol. The highest BCUT2D eigenvalue weighted by molar-refractivity contribution is 6.15.